The number of cyclic esters (lactones) is 2. The molecule has 1 rings (SSSR count). The van der Waals surface area contributed by atoms with E-state index >= 15 is 0 Å². The number of carbonyl (C=O) groups is 10. The molecular weight excluding hydrogens is 2740 g/mol. The predicted molar refractivity (Wildman–Crippen MR) is 397 cm³/mol. The molecular formula is C62H136Er3N8O31S3Y3Yb3. The first-order valence-electron chi connectivity index (χ1n) is 33.2. The van der Waals surface area contributed by atoms with E-state index in [2.05, 4.69) is 77.7 Å². The summed E-state index contributed by atoms with van der Waals surface area (Å²) in [6, 6.07) is 0. The number of rotatable bonds is 48. The van der Waals surface area contributed by atoms with E-state index in [-0.39, 0.29) is 438 Å². The molecule has 0 unspecified atom stereocenters. The van der Waals surface area contributed by atoms with Crippen LogP contribution >= 0.6 is 38.7 Å². The number of carbonyl (C=O) groups excluding carboxylic acids is 6. The number of hydrogen-bond donors (Lipinski definition) is 18. The maximum absolute atomic E-state index is 11.0. The molecule has 0 aromatic rings. The van der Waals surface area contributed by atoms with Crippen LogP contribution in [0.2, 0.25) is 0 Å². The molecule has 0 saturated carbocycles. The van der Waals surface area contributed by atoms with E-state index in [4.69, 9.17) is 107 Å². The molecule has 113 heavy (non-hydrogen) atoms. The number of amides is 4. The predicted octanol–water partition coefficient (Wildman–Crippen LogP) is 3.71. The van der Waals surface area contributed by atoms with Crippen LogP contribution in [0.15, 0.2) is 0 Å². The Morgan fingerprint density at radius 1 is 0.354 bits per heavy atom. The van der Waals surface area contributed by atoms with Crippen molar-refractivity contribution in [3.63, 3.8) is 0 Å². The van der Waals surface area contributed by atoms with Gasteiger partial charge in [0.05, 0.1) is 0 Å². The molecule has 1 aliphatic heterocycles. The third kappa shape index (κ3) is 248. The van der Waals surface area contributed by atoms with Gasteiger partial charge in [0.2, 0.25) is 23.6 Å². The Morgan fingerprint density at radius 3 is 0.637 bits per heavy atom. The summed E-state index contributed by atoms with van der Waals surface area (Å²) in [6.45, 7) is 16.7. The van der Waals surface area contributed by atoms with Gasteiger partial charge in [-0.15, -0.1) is 0 Å². The summed E-state index contributed by atoms with van der Waals surface area (Å²) in [4.78, 5) is 105. The van der Waals surface area contributed by atoms with Crippen molar-refractivity contribution >= 4 is 98.2 Å². The SMILES string of the molecule is CCOCOCC.COCCCN.COCCCN.COCCCN.COCCCN.COCCCNC(=O)CCCC(=O)O.COCCCNC(=O)CCCC(=O)O.COCCCNC(=O)CCCC(=O)O.COCCCNC(=O)CCCC(=O)O.O=C1CCCC(=O)O1.OOS.OOS.OOS.[Er].[Er].[Er].[Y].[Y].[Y].[Yb].[Yb].[Yb]. The summed E-state index contributed by atoms with van der Waals surface area (Å²) in [7, 11) is 13.1. The standard InChI is InChI=1S/4C9H17NO4.C5H6O3.C5H12O2.4C4H11NO.3Er.3H2O2S.3Y.3Yb/c4*1-14-7-3-6-10-8(11)4-2-5-9(12)13;6-4-2-1-3-5(7)8-4;1-3-6-5-7-4-2;4*1-6-4-2-3-5;;;;3*1-2-3;;;;;;/h4*2-7H2,1H3,(H,10,11)(H,12,13);1-3H2;3-5H2,1-2H3;4*2-5H2,1H3;;;;3*1,3H;;;;;;. The van der Waals surface area contributed by atoms with Gasteiger partial charge in [0.15, 0.2) is 0 Å². The molecule has 1 fully saturated rings. The minimum atomic E-state index is -0.864. The first-order valence-corrected chi connectivity index (χ1v) is 34.3. The molecule has 4 amide bonds. The van der Waals surface area contributed by atoms with E-state index in [0.717, 1.165) is 117 Å². The minimum Gasteiger partial charge on any atom is -0.481 e. The quantitative estimate of drug-likeness (QED) is 0.00603. The number of thiol groups is 3. The van der Waals surface area contributed by atoms with Crippen molar-refractivity contribution in [1.82, 2.24) is 21.3 Å². The summed E-state index contributed by atoms with van der Waals surface area (Å²) in [5.74, 6) is -4.61. The number of nitrogens with one attached hydrogen (secondary N) is 4. The zero-order valence-corrected chi connectivity index (χ0v) is 88.6. The molecule has 0 aliphatic carbocycles. The summed E-state index contributed by atoms with van der Waals surface area (Å²) < 4.78 is 60.8. The van der Waals surface area contributed by atoms with Crippen molar-refractivity contribution in [3.05, 3.63) is 0 Å². The van der Waals surface area contributed by atoms with Crippen LogP contribution in [-0.2, 0) is 211 Å². The summed E-state index contributed by atoms with van der Waals surface area (Å²) in [5.41, 5.74) is 20.5. The van der Waals surface area contributed by atoms with Crippen LogP contribution < -0.4 is 44.2 Å². The third-order valence-corrected chi connectivity index (χ3v) is 10.3. The summed E-state index contributed by atoms with van der Waals surface area (Å²) in [5, 5.41) is 64.8. The Morgan fingerprint density at radius 2 is 0.522 bits per heavy atom. The number of nitrogens with two attached hydrogens (primary N) is 4. The molecule has 39 nitrogen and oxygen atoms in total. The fraction of sp³-hybridized carbons (Fsp3) is 0.839. The van der Waals surface area contributed by atoms with Gasteiger partial charge >= 0.3 is 35.8 Å². The molecule has 0 aromatic heterocycles. The van der Waals surface area contributed by atoms with Gasteiger partial charge in [-0.2, -0.15) is 13.0 Å². The van der Waals surface area contributed by atoms with Gasteiger partial charge in [0.1, 0.15) is 6.79 Å². The number of esters is 2. The van der Waals surface area contributed by atoms with E-state index in [0.29, 0.717) is 104 Å². The number of ether oxygens (including phenoxy) is 11. The van der Waals surface area contributed by atoms with Gasteiger partial charge in [-0.25, -0.2) is 15.8 Å². The number of carboxylic acid groups (broad SMARTS) is 4. The zero-order chi connectivity index (χ0) is 82.2. The molecule has 51 heteroatoms. The van der Waals surface area contributed by atoms with Crippen LogP contribution in [0.5, 0.6) is 0 Å². The van der Waals surface area contributed by atoms with Crippen molar-refractivity contribution in [2.24, 2.45) is 22.9 Å². The van der Waals surface area contributed by atoms with Gasteiger partial charge in [-0.05, 0) is 123 Å². The summed E-state index contributed by atoms with van der Waals surface area (Å²) >= 11 is 8.53. The zero-order valence-electron chi connectivity index (χ0n) is 66.7. The molecule has 1 heterocycles. The average Bonchev–Trinajstić information content (AvgIpc) is 1.07. The Kier molecular flexibility index (Phi) is 270. The first kappa shape index (κ1) is 173. The third-order valence-electron chi connectivity index (χ3n) is 10.3. The molecule has 0 atom stereocenters. The Balaban J connectivity index is -0.0000000436. The number of methoxy groups -OCH3 is 8. The Bertz CT molecular complexity index is 1590. The van der Waals surface area contributed by atoms with Crippen molar-refractivity contribution in [2.45, 2.75) is 162 Å². The second kappa shape index (κ2) is 176. The smallest absolute Gasteiger partial charge is 0.313 e. The normalized spacial score (nSPS) is 9.27. The fourth-order valence-corrected chi connectivity index (χ4v) is 5.47. The van der Waals surface area contributed by atoms with Crippen LogP contribution in [-0.4, -0.2) is 278 Å². The van der Waals surface area contributed by atoms with E-state index in [1.165, 1.54) is 0 Å². The number of carboxylic acids is 4. The van der Waals surface area contributed by atoms with E-state index in [1.807, 2.05) is 13.8 Å². The van der Waals surface area contributed by atoms with Gasteiger partial charge in [0.25, 0.3) is 0 Å². The molecule has 1 aliphatic rings. The summed E-state index contributed by atoms with van der Waals surface area (Å²) in [6.07, 6.45) is 11.3. The van der Waals surface area contributed by atoms with E-state index in [1.54, 1.807) is 56.9 Å². The van der Waals surface area contributed by atoms with Gasteiger partial charge in [-0.3, -0.25) is 47.9 Å². The molecule has 0 aromatic carbocycles. The molecule has 0 spiro atoms. The molecule has 3 radical (unpaired) electrons. The first-order chi connectivity index (χ1) is 49.8. The van der Waals surface area contributed by atoms with Crippen molar-refractivity contribution < 1.29 is 500 Å². The molecule has 715 valence electrons. The molecule has 1 saturated heterocycles. The Labute approximate surface area is 968 Å². The van der Waals surface area contributed by atoms with Crippen molar-refractivity contribution in [1.29, 1.82) is 0 Å². The largest absolute Gasteiger partial charge is 0.481 e. The van der Waals surface area contributed by atoms with Crippen molar-refractivity contribution in [3.8, 4) is 0 Å². The second-order valence-electron chi connectivity index (χ2n) is 19.4. The van der Waals surface area contributed by atoms with Crippen LogP contribution in [0.1, 0.15) is 162 Å². The second-order valence-corrected chi connectivity index (χ2v) is 19.9. The minimum absolute atomic E-state index is 0. The molecule has 19 N–H and O–H groups in total. The van der Waals surface area contributed by atoms with Crippen LogP contribution in [0.4, 0.5) is 0 Å². The van der Waals surface area contributed by atoms with E-state index < -0.39 is 23.9 Å². The number of aliphatic carboxylic acids is 4. The van der Waals surface area contributed by atoms with Gasteiger partial charge in [0, 0.05) is 603 Å². The molecule has 0 bridgehead atoms. The number of hydrogen-bond acceptors (Lipinski definition) is 34. The van der Waals surface area contributed by atoms with Crippen LogP contribution in [0.25, 0.3) is 0 Å². The monoisotopic (exact) mass is 2870 g/mol. The van der Waals surface area contributed by atoms with Crippen LogP contribution in [0, 0.1) is 253 Å². The maximum atomic E-state index is 11.0. The maximum Gasteiger partial charge on any atom is 0.313 e. The van der Waals surface area contributed by atoms with Crippen molar-refractivity contribution in [2.75, 3.05) is 182 Å². The Hall–Kier alpha value is 6.76. The van der Waals surface area contributed by atoms with Gasteiger partial charge < -0.3 is 117 Å². The average molecular weight is 2870 g/mol. The van der Waals surface area contributed by atoms with Gasteiger partial charge in [-0.1, -0.05) is 0 Å². The van der Waals surface area contributed by atoms with E-state index in [9.17, 15) is 47.9 Å². The fourth-order valence-electron chi connectivity index (χ4n) is 5.47. The van der Waals surface area contributed by atoms with Crippen LogP contribution in [0.3, 0.4) is 0 Å². The topological polar surface area (TPSA) is 594 Å².